The van der Waals surface area contributed by atoms with E-state index < -0.39 is 17.5 Å². The molecule has 1 fully saturated rings. The number of aromatic hydroxyl groups is 1. The van der Waals surface area contributed by atoms with Crippen LogP contribution in [0.5, 0.6) is 11.6 Å². The summed E-state index contributed by atoms with van der Waals surface area (Å²) in [5, 5.41) is 18.2. The van der Waals surface area contributed by atoms with Gasteiger partial charge < -0.3 is 19.7 Å². The molecule has 9 heteroatoms. The normalized spacial score (nSPS) is 18.9. The number of fused-ring (bicyclic) bond motifs is 2. The van der Waals surface area contributed by atoms with Crippen molar-refractivity contribution in [3.63, 3.8) is 0 Å². The highest BCUT2D eigenvalue weighted by atomic mass is 32.1. The first-order valence-electron chi connectivity index (χ1n) is 8.84. The lowest BCUT2D eigenvalue weighted by molar-refractivity contribution is -0.124. The van der Waals surface area contributed by atoms with E-state index in [0.29, 0.717) is 16.0 Å². The van der Waals surface area contributed by atoms with Crippen LogP contribution in [0.1, 0.15) is 4.88 Å². The molecule has 4 aromatic rings. The van der Waals surface area contributed by atoms with Gasteiger partial charge in [0, 0.05) is 44.3 Å². The van der Waals surface area contributed by atoms with Crippen LogP contribution in [0.2, 0.25) is 0 Å². The molecule has 0 bridgehead atoms. The predicted molar refractivity (Wildman–Crippen MR) is 108 cm³/mol. The number of benzene rings is 1. The number of hydrogen-bond donors (Lipinski definition) is 3. The van der Waals surface area contributed by atoms with E-state index in [4.69, 9.17) is 4.74 Å². The molecule has 1 aromatic carbocycles. The molecule has 1 aliphatic heterocycles. The van der Waals surface area contributed by atoms with Gasteiger partial charge in [0.25, 0.3) is 5.91 Å². The number of nitrogens with one attached hydrogen (secondary N) is 2. The highest BCUT2D eigenvalue weighted by molar-refractivity contribution is 7.19. The summed E-state index contributed by atoms with van der Waals surface area (Å²) in [7, 11) is 1.55. The molecule has 0 aliphatic carbocycles. The van der Waals surface area contributed by atoms with E-state index in [-0.39, 0.29) is 12.4 Å². The highest BCUT2D eigenvalue weighted by Gasteiger charge is 2.49. The molecule has 8 nitrogen and oxygen atoms in total. The topological polar surface area (TPSA) is 105 Å². The van der Waals surface area contributed by atoms with Gasteiger partial charge in [-0.15, -0.1) is 11.3 Å². The molecule has 1 aliphatic rings. The molecule has 3 N–H and O–H groups in total. The van der Waals surface area contributed by atoms with E-state index >= 15 is 0 Å². The van der Waals surface area contributed by atoms with Crippen molar-refractivity contribution in [1.82, 2.24) is 20.2 Å². The number of imide groups is 1. The van der Waals surface area contributed by atoms with Crippen molar-refractivity contribution < 1.29 is 19.4 Å². The van der Waals surface area contributed by atoms with E-state index in [2.05, 4.69) is 15.6 Å². The molecule has 1 saturated heterocycles. The van der Waals surface area contributed by atoms with Gasteiger partial charge in [0.05, 0.1) is 13.7 Å². The van der Waals surface area contributed by atoms with Crippen LogP contribution < -0.4 is 15.4 Å². The van der Waals surface area contributed by atoms with Crippen molar-refractivity contribution in [3.05, 3.63) is 53.8 Å². The Hall–Kier alpha value is -3.59. The summed E-state index contributed by atoms with van der Waals surface area (Å²) in [4.78, 5) is 29.7. The number of rotatable bonds is 4. The van der Waals surface area contributed by atoms with Crippen molar-refractivity contribution >= 4 is 44.1 Å². The van der Waals surface area contributed by atoms with E-state index in [1.165, 1.54) is 11.3 Å². The molecule has 0 saturated carbocycles. The van der Waals surface area contributed by atoms with E-state index in [1.54, 1.807) is 42.4 Å². The summed E-state index contributed by atoms with van der Waals surface area (Å²) < 4.78 is 7.75. The van der Waals surface area contributed by atoms with Gasteiger partial charge in [0.2, 0.25) is 0 Å². The number of urea groups is 1. The van der Waals surface area contributed by atoms with Gasteiger partial charge in [-0.1, -0.05) is 0 Å². The average Bonchev–Trinajstić information content (AvgIpc) is 3.36. The van der Waals surface area contributed by atoms with Gasteiger partial charge in [-0.05, 0) is 30.3 Å². The van der Waals surface area contributed by atoms with Gasteiger partial charge in [0.1, 0.15) is 5.75 Å². The Labute approximate surface area is 168 Å². The largest absolute Gasteiger partial charge is 0.497 e. The van der Waals surface area contributed by atoms with Gasteiger partial charge in [-0.3, -0.25) is 15.1 Å². The van der Waals surface area contributed by atoms with Crippen molar-refractivity contribution in [1.29, 1.82) is 0 Å². The Kier molecular flexibility index (Phi) is 3.75. The Morgan fingerprint density at radius 2 is 2.10 bits per heavy atom. The predicted octanol–water partition coefficient (Wildman–Crippen LogP) is 2.70. The zero-order valence-corrected chi connectivity index (χ0v) is 16.1. The minimum Gasteiger partial charge on any atom is -0.497 e. The zero-order chi connectivity index (χ0) is 20.2. The summed E-state index contributed by atoms with van der Waals surface area (Å²) >= 11 is 1.41. The molecular weight excluding hydrogens is 392 g/mol. The first-order valence-corrected chi connectivity index (χ1v) is 9.65. The summed E-state index contributed by atoms with van der Waals surface area (Å²) in [6.07, 6.45) is 5.14. The third-order valence-electron chi connectivity index (χ3n) is 5.15. The quantitative estimate of drug-likeness (QED) is 0.450. The maximum atomic E-state index is 12.9. The standard InChI is InChI=1S/C20H16N4O4S/c1-28-13-3-2-11-9-24(17(25)14(11)7-13)10-20(18(26)22-19(27)23-20)16-6-12-8-21-5-4-15(12)29-16/h2-9,25H,10H2,1H3,(H2,22,23,26,27)/t20-/m0/s1. The number of aromatic nitrogens is 2. The van der Waals surface area contributed by atoms with Crippen LogP contribution in [0.3, 0.4) is 0 Å². The molecule has 146 valence electrons. The molecule has 29 heavy (non-hydrogen) atoms. The van der Waals surface area contributed by atoms with Gasteiger partial charge in [-0.2, -0.15) is 0 Å². The van der Waals surface area contributed by atoms with Crippen molar-refractivity contribution in [3.8, 4) is 11.6 Å². The summed E-state index contributed by atoms with van der Waals surface area (Å²) in [6.45, 7) is 0.0354. The fourth-order valence-corrected chi connectivity index (χ4v) is 4.84. The molecule has 0 radical (unpaired) electrons. The van der Waals surface area contributed by atoms with Crippen molar-refractivity contribution in [2.75, 3.05) is 7.11 Å². The zero-order valence-electron chi connectivity index (χ0n) is 15.3. The Bertz CT molecular complexity index is 1260. The summed E-state index contributed by atoms with van der Waals surface area (Å²) in [5.41, 5.74) is -1.34. The Morgan fingerprint density at radius 3 is 2.83 bits per heavy atom. The minimum absolute atomic E-state index is 0.00463. The van der Waals surface area contributed by atoms with Crippen LogP contribution in [0, 0.1) is 0 Å². The molecule has 0 spiro atoms. The second-order valence-electron chi connectivity index (χ2n) is 6.87. The first-order chi connectivity index (χ1) is 14.0. The number of pyridine rings is 1. The molecule has 1 atom stereocenters. The van der Waals surface area contributed by atoms with E-state index in [9.17, 15) is 14.7 Å². The average molecular weight is 408 g/mol. The number of thiophene rings is 1. The number of nitrogens with zero attached hydrogens (tertiary/aromatic N) is 2. The maximum Gasteiger partial charge on any atom is 0.322 e. The Morgan fingerprint density at radius 1 is 1.24 bits per heavy atom. The SMILES string of the molecule is COc1ccc2cn(C[C@@]3(c4cc5cnccc5s4)NC(=O)NC3=O)c(O)c2c1. The van der Waals surface area contributed by atoms with Gasteiger partial charge in [-0.25, -0.2) is 4.79 Å². The number of hydrogen-bond acceptors (Lipinski definition) is 6. The van der Waals surface area contributed by atoms with Crippen LogP contribution in [-0.2, 0) is 16.9 Å². The minimum atomic E-state index is -1.34. The third kappa shape index (κ3) is 2.62. The fraction of sp³-hybridized carbons (Fsp3) is 0.150. The molecule has 3 aromatic heterocycles. The number of methoxy groups -OCH3 is 1. The molecule has 5 rings (SSSR count). The number of carbonyl (C=O) groups is 2. The lowest BCUT2D eigenvalue weighted by Gasteiger charge is -2.25. The number of carbonyl (C=O) groups excluding carboxylic acids is 2. The van der Waals surface area contributed by atoms with Crippen molar-refractivity contribution in [2.45, 2.75) is 12.1 Å². The van der Waals surface area contributed by atoms with Crippen LogP contribution in [0.25, 0.3) is 20.9 Å². The van der Waals surface area contributed by atoms with Gasteiger partial charge in [0.15, 0.2) is 11.4 Å². The van der Waals surface area contributed by atoms with Crippen molar-refractivity contribution in [2.24, 2.45) is 0 Å². The summed E-state index contributed by atoms with van der Waals surface area (Å²) in [6, 6.07) is 8.50. The van der Waals surface area contributed by atoms with Crippen LogP contribution in [0.15, 0.2) is 48.9 Å². The first kappa shape index (κ1) is 17.5. The van der Waals surface area contributed by atoms with Crippen LogP contribution in [0.4, 0.5) is 4.79 Å². The van der Waals surface area contributed by atoms with Crippen LogP contribution >= 0.6 is 11.3 Å². The van der Waals surface area contributed by atoms with Gasteiger partial charge >= 0.3 is 6.03 Å². The summed E-state index contributed by atoms with van der Waals surface area (Å²) in [5.74, 6) is 0.149. The second-order valence-corrected chi connectivity index (χ2v) is 7.96. The Balaban J connectivity index is 1.65. The van der Waals surface area contributed by atoms with E-state index in [1.807, 2.05) is 18.2 Å². The maximum absolute atomic E-state index is 12.9. The number of ether oxygens (including phenoxy) is 1. The molecule has 0 unspecified atom stereocenters. The molecule has 3 amide bonds. The molecular formula is C20H16N4O4S. The number of amides is 3. The van der Waals surface area contributed by atoms with Crippen LogP contribution in [-0.4, -0.2) is 33.7 Å². The monoisotopic (exact) mass is 408 g/mol. The smallest absolute Gasteiger partial charge is 0.322 e. The highest BCUT2D eigenvalue weighted by Crippen LogP contribution is 2.38. The second kappa shape index (κ2) is 6.21. The lowest BCUT2D eigenvalue weighted by Crippen LogP contribution is -2.46. The molecule has 4 heterocycles. The lowest BCUT2D eigenvalue weighted by atomic mass is 9.97. The fourth-order valence-electron chi connectivity index (χ4n) is 3.68. The third-order valence-corrected chi connectivity index (χ3v) is 6.43. The van der Waals surface area contributed by atoms with E-state index in [0.717, 1.165) is 15.5 Å².